The lowest BCUT2D eigenvalue weighted by atomic mass is 10.2. The van der Waals surface area contributed by atoms with Gasteiger partial charge in [0.1, 0.15) is 0 Å². The molecule has 1 aromatic heterocycles. The van der Waals surface area contributed by atoms with Crippen LogP contribution in [0.25, 0.3) is 0 Å². The van der Waals surface area contributed by atoms with E-state index in [1.54, 1.807) is 0 Å². The molecule has 5 nitrogen and oxygen atoms in total. The van der Waals surface area contributed by atoms with Crippen LogP contribution in [0.1, 0.15) is 12.0 Å². The molecule has 0 radical (unpaired) electrons. The van der Waals surface area contributed by atoms with Gasteiger partial charge in [0.25, 0.3) is 5.56 Å². The summed E-state index contributed by atoms with van der Waals surface area (Å²) in [7, 11) is 0. The number of hydrogen-bond donors (Lipinski definition) is 1. The Morgan fingerprint density at radius 2 is 1.90 bits per heavy atom. The van der Waals surface area contributed by atoms with Crippen molar-refractivity contribution in [3.05, 3.63) is 68.5 Å². The Bertz CT molecular complexity index is 753. The molecule has 0 atom stereocenters. The quantitative estimate of drug-likeness (QED) is 0.882. The molecule has 0 unspecified atom stereocenters. The fourth-order valence-electron chi connectivity index (χ4n) is 1.99. The zero-order valence-electron chi connectivity index (χ0n) is 11.3. The molecule has 21 heavy (non-hydrogen) atoms. The molecular weight excluding hydrogens is 280 g/mol. The molecule has 0 aliphatic heterocycles. The standard InChI is InChI=1S/C14H15F2N3O2/c15-11-4-1-3-10(13(11)16)9-18-8-5-12(20)19(14(18)21)7-2-6-17/h1,3-5,8H,2,6-7,9,17H2. The third-order valence-electron chi connectivity index (χ3n) is 3.10. The summed E-state index contributed by atoms with van der Waals surface area (Å²) in [6, 6.07) is 4.97. The van der Waals surface area contributed by atoms with Gasteiger partial charge in [0.05, 0.1) is 6.54 Å². The summed E-state index contributed by atoms with van der Waals surface area (Å²) in [5, 5.41) is 0. The molecule has 1 aromatic carbocycles. The van der Waals surface area contributed by atoms with E-state index in [-0.39, 0.29) is 18.7 Å². The Morgan fingerprint density at radius 1 is 1.14 bits per heavy atom. The highest BCUT2D eigenvalue weighted by Gasteiger charge is 2.10. The number of halogens is 2. The van der Waals surface area contributed by atoms with E-state index in [4.69, 9.17) is 5.73 Å². The van der Waals surface area contributed by atoms with Gasteiger partial charge in [-0.05, 0) is 19.0 Å². The maximum absolute atomic E-state index is 13.6. The van der Waals surface area contributed by atoms with E-state index >= 15 is 0 Å². The van der Waals surface area contributed by atoms with Crippen LogP contribution in [0.15, 0.2) is 40.1 Å². The molecule has 0 bridgehead atoms. The second kappa shape index (κ2) is 6.45. The molecule has 0 aliphatic rings. The van der Waals surface area contributed by atoms with E-state index in [1.165, 1.54) is 24.4 Å². The first kappa shape index (κ1) is 15.1. The van der Waals surface area contributed by atoms with Crippen LogP contribution in [-0.4, -0.2) is 15.7 Å². The maximum atomic E-state index is 13.6. The van der Waals surface area contributed by atoms with E-state index in [2.05, 4.69) is 0 Å². The Labute approximate surface area is 119 Å². The van der Waals surface area contributed by atoms with Gasteiger partial charge < -0.3 is 5.73 Å². The van der Waals surface area contributed by atoms with Crippen molar-refractivity contribution in [2.45, 2.75) is 19.5 Å². The average molecular weight is 295 g/mol. The van der Waals surface area contributed by atoms with Gasteiger partial charge in [0.15, 0.2) is 11.6 Å². The highest BCUT2D eigenvalue weighted by molar-refractivity contribution is 5.19. The van der Waals surface area contributed by atoms with Gasteiger partial charge >= 0.3 is 5.69 Å². The van der Waals surface area contributed by atoms with Crippen molar-refractivity contribution in [3.63, 3.8) is 0 Å². The summed E-state index contributed by atoms with van der Waals surface area (Å²) in [5.74, 6) is -1.97. The number of aromatic nitrogens is 2. The van der Waals surface area contributed by atoms with Gasteiger partial charge in [0.2, 0.25) is 0 Å². The molecule has 1 heterocycles. The van der Waals surface area contributed by atoms with Crippen molar-refractivity contribution in [2.75, 3.05) is 6.54 Å². The van der Waals surface area contributed by atoms with E-state index in [9.17, 15) is 18.4 Å². The normalized spacial score (nSPS) is 10.8. The first-order valence-corrected chi connectivity index (χ1v) is 6.48. The smallest absolute Gasteiger partial charge is 0.330 e. The van der Waals surface area contributed by atoms with Crippen LogP contribution in [-0.2, 0) is 13.1 Å². The summed E-state index contributed by atoms with van der Waals surface area (Å²) < 4.78 is 29.0. The van der Waals surface area contributed by atoms with E-state index in [0.29, 0.717) is 13.0 Å². The SMILES string of the molecule is NCCCn1c(=O)ccn(Cc2cccc(F)c2F)c1=O. The van der Waals surface area contributed by atoms with Crippen molar-refractivity contribution in [1.82, 2.24) is 9.13 Å². The Morgan fingerprint density at radius 3 is 2.62 bits per heavy atom. The Kier molecular flexibility index (Phi) is 4.64. The van der Waals surface area contributed by atoms with Crippen LogP contribution in [0.4, 0.5) is 8.78 Å². The zero-order chi connectivity index (χ0) is 15.4. The van der Waals surface area contributed by atoms with Crippen LogP contribution in [0.3, 0.4) is 0 Å². The molecule has 2 N–H and O–H groups in total. The predicted octanol–water partition coefficient (Wildman–Crippen LogP) is 0.685. The molecule has 0 amide bonds. The van der Waals surface area contributed by atoms with Gasteiger partial charge in [-0.2, -0.15) is 0 Å². The first-order chi connectivity index (χ1) is 10.0. The second-order valence-corrected chi connectivity index (χ2v) is 4.57. The number of hydrogen-bond acceptors (Lipinski definition) is 3. The van der Waals surface area contributed by atoms with Crippen LogP contribution in [0, 0.1) is 11.6 Å². The number of nitrogens with zero attached hydrogens (tertiary/aromatic N) is 2. The van der Waals surface area contributed by atoms with Gasteiger partial charge in [-0.15, -0.1) is 0 Å². The van der Waals surface area contributed by atoms with Crippen LogP contribution >= 0.6 is 0 Å². The van der Waals surface area contributed by atoms with E-state index in [0.717, 1.165) is 15.2 Å². The van der Waals surface area contributed by atoms with Gasteiger partial charge in [-0.1, -0.05) is 12.1 Å². The number of nitrogens with two attached hydrogens (primary N) is 1. The molecule has 0 saturated heterocycles. The third-order valence-corrected chi connectivity index (χ3v) is 3.10. The lowest BCUT2D eigenvalue weighted by Gasteiger charge is -2.10. The van der Waals surface area contributed by atoms with Crippen molar-refractivity contribution in [1.29, 1.82) is 0 Å². The minimum Gasteiger partial charge on any atom is -0.330 e. The molecular formula is C14H15F2N3O2. The number of rotatable bonds is 5. The Balaban J connectivity index is 2.39. The Hall–Kier alpha value is -2.28. The van der Waals surface area contributed by atoms with Crippen molar-refractivity contribution in [3.8, 4) is 0 Å². The molecule has 0 saturated carbocycles. The molecule has 2 rings (SSSR count). The van der Waals surface area contributed by atoms with Crippen molar-refractivity contribution >= 4 is 0 Å². The summed E-state index contributed by atoms with van der Waals surface area (Å²) >= 11 is 0. The highest BCUT2D eigenvalue weighted by Crippen LogP contribution is 2.11. The molecule has 0 fully saturated rings. The van der Waals surface area contributed by atoms with Gasteiger partial charge in [0, 0.05) is 24.4 Å². The zero-order valence-corrected chi connectivity index (χ0v) is 11.3. The molecule has 7 heteroatoms. The monoisotopic (exact) mass is 295 g/mol. The fraction of sp³-hybridized carbons (Fsp3) is 0.286. The summed E-state index contributed by atoms with van der Waals surface area (Å²) in [6.45, 7) is 0.394. The lowest BCUT2D eigenvalue weighted by molar-refractivity contribution is 0.489. The molecule has 0 spiro atoms. The molecule has 0 aliphatic carbocycles. The molecule has 2 aromatic rings. The van der Waals surface area contributed by atoms with Crippen LogP contribution in [0.2, 0.25) is 0 Å². The van der Waals surface area contributed by atoms with Gasteiger partial charge in [-0.25, -0.2) is 13.6 Å². The molecule has 112 valence electrons. The van der Waals surface area contributed by atoms with E-state index < -0.39 is 22.9 Å². The predicted molar refractivity (Wildman–Crippen MR) is 74.1 cm³/mol. The summed E-state index contributed by atoms with van der Waals surface area (Å²) in [6.07, 6.45) is 1.75. The highest BCUT2D eigenvalue weighted by atomic mass is 19.2. The first-order valence-electron chi connectivity index (χ1n) is 6.48. The second-order valence-electron chi connectivity index (χ2n) is 4.57. The van der Waals surface area contributed by atoms with Gasteiger partial charge in [-0.3, -0.25) is 13.9 Å². The largest absolute Gasteiger partial charge is 0.331 e. The summed E-state index contributed by atoms with van der Waals surface area (Å²) in [4.78, 5) is 23.8. The minimum absolute atomic E-state index is 0.0427. The van der Waals surface area contributed by atoms with Crippen LogP contribution < -0.4 is 17.0 Å². The summed E-state index contributed by atoms with van der Waals surface area (Å²) in [5.41, 5.74) is 4.39. The van der Waals surface area contributed by atoms with Crippen LogP contribution in [0.5, 0.6) is 0 Å². The topological polar surface area (TPSA) is 70.0 Å². The minimum atomic E-state index is -0.996. The number of benzene rings is 1. The lowest BCUT2D eigenvalue weighted by Crippen LogP contribution is -2.39. The third kappa shape index (κ3) is 3.25. The van der Waals surface area contributed by atoms with E-state index in [1.807, 2.05) is 0 Å². The van der Waals surface area contributed by atoms with Crippen molar-refractivity contribution < 1.29 is 8.78 Å². The average Bonchev–Trinajstić information content (AvgIpc) is 2.46. The fourth-order valence-corrected chi connectivity index (χ4v) is 1.99. The maximum Gasteiger partial charge on any atom is 0.331 e. The van der Waals surface area contributed by atoms with Crippen molar-refractivity contribution in [2.24, 2.45) is 5.73 Å².